The smallest absolute Gasteiger partial charge is 0.417 e. The highest BCUT2D eigenvalue weighted by molar-refractivity contribution is 9.10. The van der Waals surface area contributed by atoms with Crippen molar-refractivity contribution in [2.24, 2.45) is 5.92 Å². The predicted molar refractivity (Wildman–Crippen MR) is 56.6 cm³/mol. The summed E-state index contributed by atoms with van der Waals surface area (Å²) in [6, 6.07) is -0.239. The minimum atomic E-state index is -0.746. The summed E-state index contributed by atoms with van der Waals surface area (Å²) in [5.74, 6) is -0.308. The lowest BCUT2D eigenvalue weighted by molar-refractivity contribution is -0.129. The SMILES string of the molecule is CC(C)[C@H]1COC(=O)N1C(=O)[C@@H](Br)CO. The Morgan fingerprint density at radius 3 is 2.80 bits per heavy atom. The van der Waals surface area contributed by atoms with E-state index in [2.05, 4.69) is 15.9 Å². The second-order valence-corrected chi connectivity index (χ2v) is 4.85. The zero-order valence-electron chi connectivity index (χ0n) is 8.64. The van der Waals surface area contributed by atoms with Gasteiger partial charge in [0.15, 0.2) is 0 Å². The summed E-state index contributed by atoms with van der Waals surface area (Å²) < 4.78 is 4.82. The molecule has 0 unspecified atom stereocenters. The summed E-state index contributed by atoms with van der Waals surface area (Å²) in [6.45, 7) is 3.71. The number of halogens is 1. The molecule has 0 bridgehead atoms. The van der Waals surface area contributed by atoms with Gasteiger partial charge < -0.3 is 9.84 Å². The van der Waals surface area contributed by atoms with Gasteiger partial charge in [-0.25, -0.2) is 9.69 Å². The van der Waals surface area contributed by atoms with E-state index in [1.807, 2.05) is 13.8 Å². The predicted octanol–water partition coefficient (Wildman–Crippen LogP) is 0.746. The monoisotopic (exact) mass is 279 g/mol. The lowest BCUT2D eigenvalue weighted by Gasteiger charge is -2.23. The van der Waals surface area contributed by atoms with Crippen LogP contribution in [0.5, 0.6) is 0 Å². The highest BCUT2D eigenvalue weighted by Gasteiger charge is 2.41. The maximum absolute atomic E-state index is 11.7. The van der Waals surface area contributed by atoms with Crippen molar-refractivity contribution in [3.05, 3.63) is 0 Å². The number of carbonyl (C=O) groups excluding carboxylic acids is 2. The molecule has 0 saturated carbocycles. The second-order valence-electron chi connectivity index (χ2n) is 3.75. The normalized spacial score (nSPS) is 23.1. The lowest BCUT2D eigenvalue weighted by atomic mass is 10.0. The number of ether oxygens (including phenoxy) is 1. The Kier molecular flexibility index (Phi) is 4.10. The molecule has 1 N–H and O–H groups in total. The summed E-state index contributed by atoms with van der Waals surface area (Å²) in [5, 5.41) is 8.83. The van der Waals surface area contributed by atoms with Crippen LogP contribution in [-0.4, -0.2) is 46.1 Å². The molecule has 1 rings (SSSR count). The number of nitrogens with zero attached hydrogens (tertiary/aromatic N) is 1. The first-order valence-electron chi connectivity index (χ1n) is 4.73. The van der Waals surface area contributed by atoms with Gasteiger partial charge in [0.05, 0.1) is 12.6 Å². The van der Waals surface area contributed by atoms with Gasteiger partial charge in [-0.2, -0.15) is 0 Å². The van der Waals surface area contributed by atoms with Gasteiger partial charge in [0.2, 0.25) is 5.91 Å². The Bertz CT molecular complexity index is 269. The van der Waals surface area contributed by atoms with Gasteiger partial charge in [-0.15, -0.1) is 0 Å². The van der Waals surface area contributed by atoms with E-state index >= 15 is 0 Å². The van der Waals surface area contributed by atoms with Crippen molar-refractivity contribution in [2.75, 3.05) is 13.2 Å². The average molecular weight is 280 g/mol. The fourth-order valence-corrected chi connectivity index (χ4v) is 1.63. The number of cyclic esters (lactones) is 1. The number of aliphatic hydroxyl groups excluding tert-OH is 1. The Morgan fingerprint density at radius 2 is 2.33 bits per heavy atom. The van der Waals surface area contributed by atoms with Gasteiger partial charge in [-0.1, -0.05) is 29.8 Å². The Labute approximate surface area is 96.5 Å². The lowest BCUT2D eigenvalue weighted by Crippen LogP contribution is -2.46. The van der Waals surface area contributed by atoms with Gasteiger partial charge in [0.25, 0.3) is 0 Å². The topological polar surface area (TPSA) is 66.8 Å². The van der Waals surface area contributed by atoms with Gasteiger partial charge in [-0.3, -0.25) is 4.79 Å². The number of rotatable bonds is 3. The molecule has 1 aliphatic rings. The number of carbonyl (C=O) groups is 2. The minimum absolute atomic E-state index is 0.138. The third-order valence-corrected chi connectivity index (χ3v) is 3.02. The van der Waals surface area contributed by atoms with E-state index in [0.29, 0.717) is 0 Å². The highest BCUT2D eigenvalue weighted by atomic mass is 79.9. The molecule has 0 aliphatic carbocycles. The first-order chi connectivity index (χ1) is 6.99. The van der Waals surface area contributed by atoms with E-state index in [-0.39, 0.29) is 25.2 Å². The van der Waals surface area contributed by atoms with E-state index in [1.54, 1.807) is 0 Å². The summed E-state index contributed by atoms with van der Waals surface area (Å²) in [6.07, 6.45) is -0.628. The van der Waals surface area contributed by atoms with Crippen LogP contribution >= 0.6 is 15.9 Å². The molecule has 0 spiro atoms. The first-order valence-corrected chi connectivity index (χ1v) is 5.65. The molecule has 2 atom stereocenters. The van der Waals surface area contributed by atoms with Crippen LogP contribution in [0.2, 0.25) is 0 Å². The van der Waals surface area contributed by atoms with E-state index in [1.165, 1.54) is 0 Å². The molecule has 5 nitrogen and oxygen atoms in total. The minimum Gasteiger partial charge on any atom is -0.447 e. The molecule has 1 aliphatic heterocycles. The van der Waals surface area contributed by atoms with Crippen LogP contribution in [0.4, 0.5) is 4.79 Å². The molecular formula is C9H14BrNO4. The molecule has 0 aromatic heterocycles. The zero-order valence-corrected chi connectivity index (χ0v) is 10.2. The largest absolute Gasteiger partial charge is 0.447 e. The summed E-state index contributed by atoms with van der Waals surface area (Å²) in [5.41, 5.74) is 0. The second kappa shape index (κ2) is 4.94. The third kappa shape index (κ3) is 2.49. The number of alkyl halides is 1. The number of imide groups is 1. The van der Waals surface area contributed by atoms with Crippen molar-refractivity contribution in [3.63, 3.8) is 0 Å². The molecule has 15 heavy (non-hydrogen) atoms. The Hall–Kier alpha value is -0.620. The fraction of sp³-hybridized carbons (Fsp3) is 0.778. The number of amides is 2. The van der Waals surface area contributed by atoms with Crippen LogP contribution < -0.4 is 0 Å². The van der Waals surface area contributed by atoms with Gasteiger partial charge in [-0.05, 0) is 5.92 Å². The van der Waals surface area contributed by atoms with Gasteiger partial charge in [0, 0.05) is 0 Å². The van der Waals surface area contributed by atoms with E-state index in [9.17, 15) is 9.59 Å². The van der Waals surface area contributed by atoms with E-state index in [4.69, 9.17) is 9.84 Å². The zero-order chi connectivity index (χ0) is 11.6. The molecule has 86 valence electrons. The van der Waals surface area contributed by atoms with Crippen molar-refractivity contribution in [1.29, 1.82) is 0 Å². The first kappa shape index (κ1) is 12.4. The molecule has 1 heterocycles. The van der Waals surface area contributed by atoms with Crippen molar-refractivity contribution in [1.82, 2.24) is 4.90 Å². The molecule has 1 fully saturated rings. The van der Waals surface area contributed by atoms with Crippen LogP contribution in [-0.2, 0) is 9.53 Å². The average Bonchev–Trinajstić information content (AvgIpc) is 2.58. The van der Waals surface area contributed by atoms with Crippen LogP contribution in [0.15, 0.2) is 0 Å². The molecule has 6 heteroatoms. The summed E-state index contributed by atoms with van der Waals surface area (Å²) >= 11 is 3.01. The Balaban J connectivity index is 2.80. The number of hydrogen-bond acceptors (Lipinski definition) is 4. The molecule has 0 aromatic rings. The van der Waals surface area contributed by atoms with Gasteiger partial charge >= 0.3 is 6.09 Å². The fourth-order valence-electron chi connectivity index (χ4n) is 1.41. The van der Waals surface area contributed by atoms with Crippen molar-refractivity contribution in [3.8, 4) is 0 Å². The number of hydrogen-bond donors (Lipinski definition) is 1. The Morgan fingerprint density at radius 1 is 1.73 bits per heavy atom. The summed E-state index contributed by atoms with van der Waals surface area (Å²) in [4.78, 5) is 23.4. The van der Waals surface area contributed by atoms with Crippen molar-refractivity contribution in [2.45, 2.75) is 24.7 Å². The standard InChI is InChI=1S/C9H14BrNO4/c1-5(2)7-4-15-9(14)11(7)8(13)6(10)3-12/h5-7,12H,3-4H2,1-2H3/t6-,7+/m0/s1. The molecule has 0 radical (unpaired) electrons. The van der Waals surface area contributed by atoms with Crippen LogP contribution in [0.25, 0.3) is 0 Å². The molecule has 0 aromatic carbocycles. The molecular weight excluding hydrogens is 266 g/mol. The maximum atomic E-state index is 11.7. The van der Waals surface area contributed by atoms with Gasteiger partial charge in [0.1, 0.15) is 11.4 Å². The molecule has 1 saturated heterocycles. The third-order valence-electron chi connectivity index (χ3n) is 2.34. The quantitative estimate of drug-likeness (QED) is 0.774. The summed E-state index contributed by atoms with van der Waals surface area (Å²) in [7, 11) is 0. The van der Waals surface area contributed by atoms with E-state index in [0.717, 1.165) is 4.90 Å². The van der Waals surface area contributed by atoms with E-state index < -0.39 is 16.8 Å². The van der Waals surface area contributed by atoms with Crippen molar-refractivity contribution < 1.29 is 19.4 Å². The molecule has 2 amide bonds. The van der Waals surface area contributed by atoms with Crippen LogP contribution in [0.1, 0.15) is 13.8 Å². The maximum Gasteiger partial charge on any atom is 0.417 e. The van der Waals surface area contributed by atoms with Crippen molar-refractivity contribution >= 4 is 27.9 Å². The van der Waals surface area contributed by atoms with Crippen LogP contribution in [0.3, 0.4) is 0 Å². The number of aliphatic hydroxyl groups is 1. The highest BCUT2D eigenvalue weighted by Crippen LogP contribution is 2.21. The van der Waals surface area contributed by atoms with Crippen LogP contribution in [0, 0.1) is 5.92 Å².